The van der Waals surface area contributed by atoms with Gasteiger partial charge in [-0.1, -0.05) is 0 Å². The number of hydrazine groups is 1. The number of rotatable bonds is 4. The summed E-state index contributed by atoms with van der Waals surface area (Å²) in [7, 11) is -3.55. The number of pyridine rings is 1. The molecule has 1 fully saturated rings. The summed E-state index contributed by atoms with van der Waals surface area (Å²) in [6, 6.07) is 8.10. The number of hydrogen-bond acceptors (Lipinski definition) is 6. The number of hydrogen-bond donors (Lipinski definition) is 3. The van der Waals surface area contributed by atoms with Gasteiger partial charge in [-0.2, -0.15) is 0 Å². The van der Waals surface area contributed by atoms with E-state index in [1.54, 1.807) is 24.3 Å². The van der Waals surface area contributed by atoms with Crippen molar-refractivity contribution in [3.8, 4) is 0 Å². The molecule has 0 spiro atoms. The van der Waals surface area contributed by atoms with Crippen molar-refractivity contribution in [2.45, 2.75) is 17.4 Å². The van der Waals surface area contributed by atoms with E-state index in [0.29, 0.717) is 31.0 Å². The van der Waals surface area contributed by atoms with E-state index < -0.39 is 10.0 Å². The monoisotopic (exact) mass is 308 g/mol. The Kier molecular flexibility index (Phi) is 3.77. The van der Waals surface area contributed by atoms with E-state index in [1.807, 2.05) is 0 Å². The lowest BCUT2D eigenvalue weighted by Crippen LogP contribution is -2.34. The summed E-state index contributed by atoms with van der Waals surface area (Å²) in [5.74, 6) is 5.83. The van der Waals surface area contributed by atoms with E-state index in [-0.39, 0.29) is 10.9 Å². The smallest absolute Gasteiger partial charge is 0.240 e. The standard InChI is InChI=1S/C13H16N4O3S/c14-16-13-4-1-9-7-11(2-3-12(9)15-13)21(18,19)17-10-5-6-20-8-10/h1-4,7,10,17H,5-6,8,14H2,(H,15,16). The third-order valence-corrected chi connectivity index (χ3v) is 4.89. The van der Waals surface area contributed by atoms with Gasteiger partial charge in [-0.3, -0.25) is 0 Å². The highest BCUT2D eigenvalue weighted by Crippen LogP contribution is 2.20. The first-order valence-corrected chi connectivity index (χ1v) is 8.04. The maximum absolute atomic E-state index is 12.3. The molecule has 112 valence electrons. The number of sulfonamides is 1. The molecule has 0 radical (unpaired) electrons. The van der Waals surface area contributed by atoms with Crippen LogP contribution < -0.4 is 16.0 Å². The van der Waals surface area contributed by atoms with Crippen LogP contribution in [0, 0.1) is 0 Å². The highest BCUT2D eigenvalue weighted by Gasteiger charge is 2.23. The van der Waals surface area contributed by atoms with Crippen LogP contribution in [0.15, 0.2) is 35.2 Å². The Morgan fingerprint density at radius 2 is 2.14 bits per heavy atom. The normalized spacial score (nSPS) is 19.0. The fourth-order valence-corrected chi connectivity index (χ4v) is 3.56. The second kappa shape index (κ2) is 5.57. The van der Waals surface area contributed by atoms with Crippen molar-refractivity contribution >= 4 is 26.7 Å². The minimum absolute atomic E-state index is 0.160. The van der Waals surface area contributed by atoms with Crippen LogP contribution >= 0.6 is 0 Å². The zero-order valence-electron chi connectivity index (χ0n) is 11.2. The Labute approximate surface area is 122 Å². The number of nitrogen functional groups attached to an aromatic ring is 1. The third kappa shape index (κ3) is 2.98. The number of nitrogens with zero attached hydrogens (tertiary/aromatic N) is 1. The largest absolute Gasteiger partial charge is 0.380 e. The first kappa shape index (κ1) is 14.2. The average molecular weight is 308 g/mol. The fourth-order valence-electron chi connectivity index (χ4n) is 2.27. The second-order valence-corrected chi connectivity index (χ2v) is 6.59. The first-order valence-electron chi connectivity index (χ1n) is 6.56. The molecule has 1 atom stereocenters. The number of aromatic nitrogens is 1. The molecule has 1 aromatic heterocycles. The van der Waals surface area contributed by atoms with Crippen LogP contribution in [-0.4, -0.2) is 32.7 Å². The Balaban J connectivity index is 1.92. The molecule has 21 heavy (non-hydrogen) atoms. The molecule has 2 aromatic rings. The van der Waals surface area contributed by atoms with Crippen LogP contribution in [0.4, 0.5) is 5.82 Å². The molecule has 7 nitrogen and oxygen atoms in total. The lowest BCUT2D eigenvalue weighted by molar-refractivity contribution is 0.192. The third-order valence-electron chi connectivity index (χ3n) is 3.37. The van der Waals surface area contributed by atoms with Crippen LogP contribution in [0.5, 0.6) is 0 Å². The van der Waals surface area contributed by atoms with E-state index in [1.165, 1.54) is 6.07 Å². The van der Waals surface area contributed by atoms with Gasteiger partial charge in [-0.25, -0.2) is 24.0 Å². The molecule has 1 unspecified atom stereocenters. The molecule has 1 aliphatic heterocycles. The van der Waals surface area contributed by atoms with Gasteiger partial charge in [0.15, 0.2) is 0 Å². The van der Waals surface area contributed by atoms with Gasteiger partial charge in [0.1, 0.15) is 5.82 Å². The number of ether oxygens (including phenoxy) is 1. The van der Waals surface area contributed by atoms with Crippen molar-refractivity contribution in [2.24, 2.45) is 5.84 Å². The van der Waals surface area contributed by atoms with Crippen molar-refractivity contribution in [3.63, 3.8) is 0 Å². The highest BCUT2D eigenvalue weighted by molar-refractivity contribution is 7.89. The Bertz CT molecular complexity index is 757. The minimum Gasteiger partial charge on any atom is -0.380 e. The average Bonchev–Trinajstić information content (AvgIpc) is 2.98. The molecule has 2 heterocycles. The van der Waals surface area contributed by atoms with Gasteiger partial charge < -0.3 is 10.2 Å². The van der Waals surface area contributed by atoms with Gasteiger partial charge in [0.05, 0.1) is 17.0 Å². The van der Waals surface area contributed by atoms with Gasteiger partial charge in [-0.05, 0) is 36.8 Å². The summed E-state index contributed by atoms with van der Waals surface area (Å²) >= 11 is 0. The van der Waals surface area contributed by atoms with Crippen LogP contribution in [0.2, 0.25) is 0 Å². The molecule has 1 aliphatic rings. The summed E-state index contributed by atoms with van der Waals surface area (Å²) in [4.78, 5) is 4.47. The maximum Gasteiger partial charge on any atom is 0.240 e. The quantitative estimate of drug-likeness (QED) is 0.564. The predicted molar refractivity (Wildman–Crippen MR) is 79.1 cm³/mol. The summed E-state index contributed by atoms with van der Waals surface area (Å²) in [6.07, 6.45) is 0.694. The molecule has 1 saturated heterocycles. The zero-order valence-corrected chi connectivity index (χ0v) is 12.1. The van der Waals surface area contributed by atoms with Crippen molar-refractivity contribution in [1.29, 1.82) is 0 Å². The van der Waals surface area contributed by atoms with Gasteiger partial charge >= 0.3 is 0 Å². The summed E-state index contributed by atoms with van der Waals surface area (Å²) in [5.41, 5.74) is 3.13. The van der Waals surface area contributed by atoms with E-state index in [0.717, 1.165) is 5.39 Å². The Morgan fingerprint density at radius 1 is 1.29 bits per heavy atom. The fraction of sp³-hybridized carbons (Fsp3) is 0.308. The van der Waals surface area contributed by atoms with Crippen molar-refractivity contribution in [2.75, 3.05) is 18.6 Å². The molecule has 3 rings (SSSR count). The number of benzene rings is 1. The summed E-state index contributed by atoms with van der Waals surface area (Å²) < 4.78 is 32.5. The van der Waals surface area contributed by atoms with Gasteiger partial charge in [0.2, 0.25) is 10.0 Å². The predicted octanol–water partition coefficient (Wildman–Crippen LogP) is 0.588. The van der Waals surface area contributed by atoms with Crippen molar-refractivity contribution in [3.05, 3.63) is 30.3 Å². The van der Waals surface area contributed by atoms with E-state index in [9.17, 15) is 8.42 Å². The molecule has 8 heteroatoms. The minimum atomic E-state index is -3.55. The Hall–Kier alpha value is -1.74. The molecular formula is C13H16N4O3S. The number of fused-ring (bicyclic) bond motifs is 1. The van der Waals surface area contributed by atoms with Gasteiger partial charge in [0.25, 0.3) is 0 Å². The van der Waals surface area contributed by atoms with E-state index in [4.69, 9.17) is 10.6 Å². The van der Waals surface area contributed by atoms with Gasteiger partial charge in [-0.15, -0.1) is 0 Å². The molecule has 0 bridgehead atoms. The SMILES string of the molecule is NNc1ccc2cc(S(=O)(=O)NC3CCOC3)ccc2n1. The first-order chi connectivity index (χ1) is 10.1. The topological polar surface area (TPSA) is 106 Å². The summed E-state index contributed by atoms with van der Waals surface area (Å²) in [5, 5.41) is 0.736. The lowest BCUT2D eigenvalue weighted by Gasteiger charge is -2.12. The van der Waals surface area contributed by atoms with Crippen LogP contribution in [0.1, 0.15) is 6.42 Å². The lowest BCUT2D eigenvalue weighted by atomic mass is 10.2. The van der Waals surface area contributed by atoms with Crippen LogP contribution in [-0.2, 0) is 14.8 Å². The van der Waals surface area contributed by atoms with E-state index >= 15 is 0 Å². The molecule has 0 aliphatic carbocycles. The van der Waals surface area contributed by atoms with Gasteiger partial charge in [0, 0.05) is 18.0 Å². The number of nitrogens with two attached hydrogens (primary N) is 1. The van der Waals surface area contributed by atoms with Crippen molar-refractivity contribution in [1.82, 2.24) is 9.71 Å². The second-order valence-electron chi connectivity index (χ2n) is 4.88. The van der Waals surface area contributed by atoms with Crippen LogP contribution in [0.3, 0.4) is 0 Å². The molecule has 4 N–H and O–H groups in total. The number of nitrogens with one attached hydrogen (secondary N) is 2. The zero-order chi connectivity index (χ0) is 14.9. The molecule has 1 aromatic carbocycles. The Morgan fingerprint density at radius 3 is 2.86 bits per heavy atom. The maximum atomic E-state index is 12.3. The van der Waals surface area contributed by atoms with E-state index in [2.05, 4.69) is 15.1 Å². The molecule has 0 saturated carbocycles. The summed E-state index contributed by atoms with van der Waals surface area (Å²) in [6.45, 7) is 1.00. The van der Waals surface area contributed by atoms with Crippen LogP contribution in [0.25, 0.3) is 10.9 Å². The van der Waals surface area contributed by atoms with Crippen molar-refractivity contribution < 1.29 is 13.2 Å². The molecule has 0 amide bonds. The number of anilines is 1. The highest BCUT2D eigenvalue weighted by atomic mass is 32.2. The molecular weight excluding hydrogens is 292 g/mol.